The van der Waals surface area contributed by atoms with Gasteiger partial charge in [0.05, 0.1) is 10.9 Å². The molecular weight excluding hydrogens is 423 g/mol. The monoisotopic (exact) mass is 438 g/mol. The molecule has 1 aromatic heterocycles. The highest BCUT2D eigenvalue weighted by Gasteiger charge is 2.14. The maximum Gasteiger partial charge on any atom is 0.343 e. The van der Waals surface area contributed by atoms with E-state index < -0.39 is 11.8 Å². The molecule has 0 aliphatic rings. The third kappa shape index (κ3) is 4.29. The average molecular weight is 439 g/mol. The van der Waals surface area contributed by atoms with E-state index in [2.05, 4.69) is 0 Å². The van der Waals surface area contributed by atoms with Crippen molar-refractivity contribution in [2.45, 2.75) is 13.8 Å². The molecule has 1 heterocycles. The molecule has 0 aliphatic carbocycles. The molecule has 7 heteroatoms. The van der Waals surface area contributed by atoms with Crippen LogP contribution < -0.4 is 14.9 Å². The summed E-state index contributed by atoms with van der Waals surface area (Å²) in [6, 6.07) is 12.8. The van der Waals surface area contributed by atoms with Gasteiger partial charge in [0.2, 0.25) is 11.2 Å². The highest BCUT2D eigenvalue weighted by molar-refractivity contribution is 6.32. The lowest BCUT2D eigenvalue weighted by Gasteiger charge is -2.10. The van der Waals surface area contributed by atoms with Crippen LogP contribution in [0, 0.1) is 19.7 Å². The second-order valence-corrected chi connectivity index (χ2v) is 7.33. The maximum absolute atomic E-state index is 13.0. The van der Waals surface area contributed by atoms with Crippen molar-refractivity contribution in [3.05, 3.63) is 98.6 Å². The van der Waals surface area contributed by atoms with Crippen LogP contribution in [0.4, 0.5) is 4.39 Å². The highest BCUT2D eigenvalue weighted by atomic mass is 35.5. The largest absolute Gasteiger partial charge is 0.460 e. The zero-order chi connectivity index (χ0) is 22.1. The van der Waals surface area contributed by atoms with E-state index in [4.69, 9.17) is 25.5 Å². The fraction of sp³-hybridized carbons (Fsp3) is 0.0833. The summed E-state index contributed by atoms with van der Waals surface area (Å²) in [5.41, 5.74) is 1.71. The fourth-order valence-corrected chi connectivity index (χ4v) is 3.18. The average Bonchev–Trinajstić information content (AvgIpc) is 2.74. The normalized spacial score (nSPS) is 10.8. The van der Waals surface area contributed by atoms with E-state index in [0.717, 1.165) is 11.1 Å². The van der Waals surface area contributed by atoms with Gasteiger partial charge in [-0.05, 0) is 73.5 Å². The van der Waals surface area contributed by atoms with Crippen molar-refractivity contribution >= 4 is 28.5 Å². The standard InChI is InChI=1S/C24H16ClFO5/c1-13-9-18(10-14(2)22(13)25)30-21-12-29-20-11-17(7-8-19(20)23(21)27)31-24(28)15-3-5-16(26)6-4-15/h3-12H,1-2H3. The van der Waals surface area contributed by atoms with Crippen LogP contribution in [0.1, 0.15) is 21.5 Å². The summed E-state index contributed by atoms with van der Waals surface area (Å²) in [4.78, 5) is 25.0. The molecule has 0 fully saturated rings. The Labute approximate surface area is 181 Å². The molecule has 0 saturated heterocycles. The van der Waals surface area contributed by atoms with E-state index in [9.17, 15) is 14.0 Å². The SMILES string of the molecule is Cc1cc(Oc2coc3cc(OC(=O)c4ccc(F)cc4)ccc3c2=O)cc(C)c1Cl. The van der Waals surface area contributed by atoms with Gasteiger partial charge in [-0.25, -0.2) is 9.18 Å². The number of esters is 1. The molecule has 31 heavy (non-hydrogen) atoms. The Bertz CT molecular complexity index is 1340. The van der Waals surface area contributed by atoms with Gasteiger partial charge in [0.15, 0.2) is 0 Å². The first-order valence-corrected chi connectivity index (χ1v) is 9.67. The molecule has 5 nitrogen and oxygen atoms in total. The highest BCUT2D eigenvalue weighted by Crippen LogP contribution is 2.29. The summed E-state index contributed by atoms with van der Waals surface area (Å²) in [5, 5.41) is 0.905. The molecular formula is C24H16ClFO5. The summed E-state index contributed by atoms with van der Waals surface area (Å²) in [5.74, 6) is -0.440. The number of halogens is 2. The Hall–Kier alpha value is -3.64. The number of benzene rings is 3. The number of aryl methyl sites for hydroxylation is 2. The molecule has 4 rings (SSSR count). The third-order valence-corrected chi connectivity index (χ3v) is 5.24. The Morgan fingerprint density at radius 3 is 2.32 bits per heavy atom. The van der Waals surface area contributed by atoms with E-state index in [0.29, 0.717) is 10.8 Å². The minimum Gasteiger partial charge on any atom is -0.460 e. The van der Waals surface area contributed by atoms with Crippen LogP contribution in [0.15, 0.2) is 70.1 Å². The summed E-state index contributed by atoms with van der Waals surface area (Å²) < 4.78 is 29.5. The van der Waals surface area contributed by atoms with Crippen LogP contribution in [-0.4, -0.2) is 5.97 Å². The number of fused-ring (bicyclic) bond motifs is 1. The number of carbonyl (C=O) groups excluding carboxylic acids is 1. The van der Waals surface area contributed by atoms with Gasteiger partial charge in [-0.1, -0.05) is 11.6 Å². The van der Waals surface area contributed by atoms with Gasteiger partial charge in [-0.3, -0.25) is 4.79 Å². The van der Waals surface area contributed by atoms with Gasteiger partial charge in [0.1, 0.15) is 29.2 Å². The maximum atomic E-state index is 13.0. The number of hydrogen-bond donors (Lipinski definition) is 0. The molecule has 4 aromatic rings. The van der Waals surface area contributed by atoms with Crippen LogP contribution in [0.25, 0.3) is 11.0 Å². The molecule has 0 aliphatic heterocycles. The first-order chi connectivity index (χ1) is 14.8. The molecule has 0 radical (unpaired) electrons. The van der Waals surface area contributed by atoms with Crippen LogP contribution >= 0.6 is 11.6 Å². The molecule has 0 bridgehead atoms. The minimum atomic E-state index is -0.657. The lowest BCUT2D eigenvalue weighted by atomic mass is 10.1. The van der Waals surface area contributed by atoms with Gasteiger partial charge in [0.25, 0.3) is 0 Å². The number of ether oxygens (including phenoxy) is 2. The molecule has 0 unspecified atom stereocenters. The molecule has 0 atom stereocenters. The summed E-state index contributed by atoms with van der Waals surface area (Å²) in [7, 11) is 0. The summed E-state index contributed by atoms with van der Waals surface area (Å²) >= 11 is 6.17. The Kier molecular flexibility index (Phi) is 5.48. The van der Waals surface area contributed by atoms with Crippen molar-refractivity contribution in [2.24, 2.45) is 0 Å². The van der Waals surface area contributed by atoms with Crippen LogP contribution in [-0.2, 0) is 0 Å². The Morgan fingerprint density at radius 2 is 1.65 bits per heavy atom. The Morgan fingerprint density at radius 1 is 0.968 bits per heavy atom. The predicted molar refractivity (Wildman–Crippen MR) is 115 cm³/mol. The van der Waals surface area contributed by atoms with Gasteiger partial charge in [-0.15, -0.1) is 0 Å². The zero-order valence-electron chi connectivity index (χ0n) is 16.6. The van der Waals surface area contributed by atoms with Crippen molar-refractivity contribution in [3.63, 3.8) is 0 Å². The predicted octanol–water partition coefficient (Wildman–Crippen LogP) is 6.21. The quantitative estimate of drug-likeness (QED) is 0.280. The molecule has 0 amide bonds. The lowest BCUT2D eigenvalue weighted by Crippen LogP contribution is -2.09. The van der Waals surface area contributed by atoms with Gasteiger partial charge < -0.3 is 13.9 Å². The van der Waals surface area contributed by atoms with Crippen LogP contribution in [0.5, 0.6) is 17.2 Å². The summed E-state index contributed by atoms with van der Waals surface area (Å²) in [6.07, 6.45) is 1.20. The first-order valence-electron chi connectivity index (χ1n) is 9.30. The minimum absolute atomic E-state index is 0.0182. The molecule has 0 saturated carbocycles. The Balaban J connectivity index is 1.60. The second-order valence-electron chi connectivity index (χ2n) is 6.96. The van der Waals surface area contributed by atoms with Crippen LogP contribution in [0.3, 0.4) is 0 Å². The lowest BCUT2D eigenvalue weighted by molar-refractivity contribution is 0.0735. The van der Waals surface area contributed by atoms with Gasteiger partial charge in [0, 0.05) is 11.1 Å². The van der Waals surface area contributed by atoms with Crippen molar-refractivity contribution in [2.75, 3.05) is 0 Å². The third-order valence-electron chi connectivity index (χ3n) is 4.64. The van der Waals surface area contributed by atoms with Gasteiger partial charge in [-0.2, -0.15) is 0 Å². The van der Waals surface area contributed by atoms with Crippen molar-refractivity contribution < 1.29 is 23.1 Å². The number of rotatable bonds is 4. The van der Waals surface area contributed by atoms with E-state index in [-0.39, 0.29) is 33.5 Å². The number of carbonyl (C=O) groups is 1. The van der Waals surface area contributed by atoms with E-state index in [1.54, 1.807) is 12.1 Å². The molecule has 3 aromatic carbocycles. The van der Waals surface area contributed by atoms with E-state index in [1.165, 1.54) is 48.7 Å². The van der Waals surface area contributed by atoms with Crippen molar-refractivity contribution in [3.8, 4) is 17.2 Å². The topological polar surface area (TPSA) is 65.7 Å². The van der Waals surface area contributed by atoms with E-state index in [1.807, 2.05) is 13.8 Å². The number of hydrogen-bond acceptors (Lipinski definition) is 5. The molecule has 0 N–H and O–H groups in total. The molecule has 0 spiro atoms. The second kappa shape index (κ2) is 8.24. The first kappa shape index (κ1) is 20.6. The van der Waals surface area contributed by atoms with Crippen molar-refractivity contribution in [1.29, 1.82) is 0 Å². The zero-order valence-corrected chi connectivity index (χ0v) is 17.3. The van der Waals surface area contributed by atoms with Gasteiger partial charge >= 0.3 is 5.97 Å². The smallest absolute Gasteiger partial charge is 0.343 e. The summed E-state index contributed by atoms with van der Waals surface area (Å²) in [6.45, 7) is 3.69. The van der Waals surface area contributed by atoms with E-state index >= 15 is 0 Å². The fourth-order valence-electron chi connectivity index (χ4n) is 3.07. The van der Waals surface area contributed by atoms with Crippen LogP contribution in [0.2, 0.25) is 5.02 Å². The molecule has 156 valence electrons. The van der Waals surface area contributed by atoms with Crippen molar-refractivity contribution in [1.82, 2.24) is 0 Å².